The highest BCUT2D eigenvalue weighted by Gasteiger charge is 2.27. The lowest BCUT2D eigenvalue weighted by atomic mass is 10.2. The molecule has 28 heavy (non-hydrogen) atoms. The molecular formula is C17H19BrN2O5S3. The number of methoxy groups -OCH3 is 1. The van der Waals surface area contributed by atoms with Crippen LogP contribution in [-0.2, 0) is 19.3 Å². The van der Waals surface area contributed by atoms with Crippen LogP contribution >= 0.6 is 39.0 Å². The summed E-state index contributed by atoms with van der Waals surface area (Å²) in [6.07, 6.45) is 5.26. The van der Waals surface area contributed by atoms with E-state index in [-0.39, 0.29) is 20.8 Å². The molecule has 11 heteroatoms. The Morgan fingerprint density at radius 2 is 2.29 bits per heavy atom. The molecule has 0 aliphatic carbocycles. The van der Waals surface area contributed by atoms with Crippen LogP contribution in [0.15, 0.2) is 36.8 Å². The molecule has 0 bridgehead atoms. The van der Waals surface area contributed by atoms with Crippen LogP contribution in [0.2, 0.25) is 0 Å². The first-order valence-corrected chi connectivity index (χ1v) is 12.7. The van der Waals surface area contributed by atoms with Crippen LogP contribution in [0.3, 0.4) is 0 Å². The summed E-state index contributed by atoms with van der Waals surface area (Å²) in [5.41, 5.74) is 0. The lowest BCUT2D eigenvalue weighted by molar-refractivity contribution is 0.0606. The molecule has 2 aromatic heterocycles. The van der Waals surface area contributed by atoms with Crippen molar-refractivity contribution in [3.8, 4) is 0 Å². The zero-order valence-corrected chi connectivity index (χ0v) is 19.3. The lowest BCUT2D eigenvalue weighted by Crippen LogP contribution is -2.19. The molecule has 1 aliphatic heterocycles. The number of nitrogens with zero attached hydrogens (tertiary/aromatic N) is 1. The molecule has 2 aromatic rings. The zero-order valence-electron chi connectivity index (χ0n) is 15.2. The van der Waals surface area contributed by atoms with E-state index in [1.54, 1.807) is 6.26 Å². The van der Waals surface area contributed by atoms with Crippen molar-refractivity contribution in [2.45, 2.75) is 32.9 Å². The molecule has 0 aromatic carbocycles. The first kappa shape index (κ1) is 21.6. The van der Waals surface area contributed by atoms with Crippen LogP contribution in [-0.4, -0.2) is 52.0 Å². The normalized spacial score (nSPS) is 16.9. The Labute approximate surface area is 180 Å². The third-order valence-electron chi connectivity index (χ3n) is 4.18. The van der Waals surface area contributed by atoms with Gasteiger partial charge >= 0.3 is 5.97 Å². The molecule has 1 aliphatic rings. The van der Waals surface area contributed by atoms with E-state index in [4.69, 9.17) is 9.47 Å². The van der Waals surface area contributed by atoms with Gasteiger partial charge < -0.3 is 14.8 Å². The van der Waals surface area contributed by atoms with Gasteiger partial charge in [-0.2, -0.15) is 0 Å². The Balaban J connectivity index is 1.86. The van der Waals surface area contributed by atoms with Crippen molar-refractivity contribution in [2.75, 3.05) is 31.8 Å². The number of sulfone groups is 1. The molecule has 0 amide bonds. The summed E-state index contributed by atoms with van der Waals surface area (Å²) < 4.78 is 37.6. The van der Waals surface area contributed by atoms with Gasteiger partial charge in [-0.25, -0.2) is 18.2 Å². The minimum Gasteiger partial charge on any atom is -0.465 e. The van der Waals surface area contributed by atoms with E-state index in [2.05, 4.69) is 26.2 Å². The molecule has 0 saturated carbocycles. The van der Waals surface area contributed by atoms with E-state index in [9.17, 15) is 13.2 Å². The van der Waals surface area contributed by atoms with Crippen LogP contribution in [0.25, 0.3) is 0 Å². The van der Waals surface area contributed by atoms with E-state index >= 15 is 0 Å². The topological polar surface area (TPSA) is 94.6 Å². The second kappa shape index (κ2) is 9.12. The van der Waals surface area contributed by atoms with E-state index in [0.29, 0.717) is 21.0 Å². The van der Waals surface area contributed by atoms with Crippen molar-refractivity contribution in [2.24, 2.45) is 0 Å². The number of thioether (sulfide) groups is 1. The first-order chi connectivity index (χ1) is 13.4. The average molecular weight is 507 g/mol. The van der Waals surface area contributed by atoms with Gasteiger partial charge in [-0.3, -0.25) is 0 Å². The Hall–Kier alpha value is -1.14. The first-order valence-electron chi connectivity index (χ1n) is 8.39. The average Bonchev–Trinajstić information content (AvgIpc) is 3.36. The Morgan fingerprint density at radius 1 is 1.50 bits per heavy atom. The van der Waals surface area contributed by atoms with Gasteiger partial charge in [-0.05, 0) is 47.2 Å². The largest absolute Gasteiger partial charge is 0.465 e. The molecule has 0 radical (unpaired) electrons. The number of aromatic nitrogens is 1. The van der Waals surface area contributed by atoms with Gasteiger partial charge in [0, 0.05) is 19.3 Å². The number of carbonyl (C=O) groups excluding carboxylic acids is 1. The summed E-state index contributed by atoms with van der Waals surface area (Å²) in [4.78, 5) is 16.4. The molecule has 1 fully saturated rings. The number of nitrogens with one attached hydrogen (secondary N) is 1. The van der Waals surface area contributed by atoms with Crippen LogP contribution in [0.4, 0.5) is 5.82 Å². The number of thiophene rings is 1. The lowest BCUT2D eigenvalue weighted by Gasteiger charge is -2.13. The summed E-state index contributed by atoms with van der Waals surface area (Å²) >= 11 is 5.75. The fourth-order valence-corrected chi connectivity index (χ4v) is 7.25. The SMILES string of the molecule is COC(=O)c1cc(S(=O)(=O)c2cnc(NCC3CCCO3)c(Br)c2)c(SC)s1. The minimum absolute atomic E-state index is 0.0477. The number of pyridine rings is 1. The quantitative estimate of drug-likeness (QED) is 0.447. The second-order valence-electron chi connectivity index (χ2n) is 5.98. The fraction of sp³-hybridized carbons (Fsp3) is 0.412. The number of halogens is 1. The fourth-order valence-electron chi connectivity index (χ4n) is 2.73. The number of rotatable bonds is 7. The van der Waals surface area contributed by atoms with Gasteiger partial charge in [-0.1, -0.05) is 0 Å². The summed E-state index contributed by atoms with van der Waals surface area (Å²) in [6, 6.07) is 2.87. The molecule has 1 unspecified atom stereocenters. The summed E-state index contributed by atoms with van der Waals surface area (Å²) in [5, 5.41) is 3.18. The van der Waals surface area contributed by atoms with Crippen molar-refractivity contribution in [3.05, 3.63) is 27.7 Å². The van der Waals surface area contributed by atoms with Crippen molar-refractivity contribution in [1.82, 2.24) is 4.98 Å². The highest BCUT2D eigenvalue weighted by Crippen LogP contribution is 2.38. The number of esters is 1. The zero-order chi connectivity index (χ0) is 20.3. The van der Waals surface area contributed by atoms with E-state index in [1.165, 1.54) is 37.2 Å². The van der Waals surface area contributed by atoms with Gasteiger partial charge in [-0.15, -0.1) is 23.1 Å². The Bertz CT molecular complexity index is 971. The van der Waals surface area contributed by atoms with E-state index in [1.807, 2.05) is 0 Å². The summed E-state index contributed by atoms with van der Waals surface area (Å²) in [7, 11) is -2.57. The molecule has 1 N–H and O–H groups in total. The maximum Gasteiger partial charge on any atom is 0.348 e. The van der Waals surface area contributed by atoms with Crippen LogP contribution in [0, 0.1) is 0 Å². The number of ether oxygens (including phenoxy) is 2. The third-order valence-corrected chi connectivity index (χ3v) is 9.03. The van der Waals surface area contributed by atoms with Crippen LogP contribution in [0.5, 0.6) is 0 Å². The van der Waals surface area contributed by atoms with E-state index in [0.717, 1.165) is 30.8 Å². The predicted octanol–water partition coefficient (Wildman–Crippen LogP) is 3.84. The van der Waals surface area contributed by atoms with Crippen molar-refractivity contribution >= 4 is 60.7 Å². The number of hydrogen-bond acceptors (Lipinski definition) is 9. The smallest absolute Gasteiger partial charge is 0.348 e. The van der Waals surface area contributed by atoms with Gasteiger partial charge in [0.2, 0.25) is 9.84 Å². The van der Waals surface area contributed by atoms with Crippen LogP contribution in [0.1, 0.15) is 22.5 Å². The molecule has 3 heterocycles. The number of carbonyl (C=O) groups is 1. The monoisotopic (exact) mass is 506 g/mol. The van der Waals surface area contributed by atoms with Gasteiger partial charge in [0.25, 0.3) is 0 Å². The van der Waals surface area contributed by atoms with Gasteiger partial charge in [0.1, 0.15) is 10.7 Å². The maximum absolute atomic E-state index is 13.1. The highest BCUT2D eigenvalue weighted by atomic mass is 79.9. The Kier molecular flexibility index (Phi) is 7.02. The minimum atomic E-state index is -3.84. The second-order valence-corrected chi connectivity index (χ2v) is 10.9. The third kappa shape index (κ3) is 4.54. The van der Waals surface area contributed by atoms with Crippen LogP contribution < -0.4 is 5.32 Å². The van der Waals surface area contributed by atoms with Crippen molar-refractivity contribution < 1.29 is 22.7 Å². The molecule has 1 saturated heterocycles. The maximum atomic E-state index is 13.1. The van der Waals surface area contributed by atoms with Gasteiger partial charge in [0.15, 0.2) is 0 Å². The molecule has 1 atom stereocenters. The molecule has 7 nitrogen and oxygen atoms in total. The highest BCUT2D eigenvalue weighted by molar-refractivity contribution is 9.10. The molecule has 3 rings (SSSR count). The predicted molar refractivity (Wildman–Crippen MR) is 112 cm³/mol. The molecule has 152 valence electrons. The van der Waals surface area contributed by atoms with Gasteiger partial charge in [0.05, 0.1) is 31.7 Å². The summed E-state index contributed by atoms with van der Waals surface area (Å²) in [5.74, 6) is -0.00477. The van der Waals surface area contributed by atoms with Crippen molar-refractivity contribution in [3.63, 3.8) is 0 Å². The number of hydrogen-bond donors (Lipinski definition) is 1. The van der Waals surface area contributed by atoms with Crippen molar-refractivity contribution in [1.29, 1.82) is 0 Å². The Morgan fingerprint density at radius 3 is 2.89 bits per heavy atom. The standard InChI is InChI=1S/C17H19BrN2O5S3/c1-24-16(21)13-7-14(17(26-2)27-13)28(22,23)11-6-12(18)15(20-9-11)19-8-10-4-3-5-25-10/h6-7,9-10H,3-5,8H2,1-2H3,(H,19,20). The number of anilines is 1. The summed E-state index contributed by atoms with van der Waals surface area (Å²) in [6.45, 7) is 1.38. The van der Waals surface area contributed by atoms with E-state index < -0.39 is 15.8 Å². The molecular weight excluding hydrogens is 488 g/mol. The molecule has 0 spiro atoms.